The number of benzene rings is 2. The molecule has 2 heterocycles. The van der Waals surface area contributed by atoms with Gasteiger partial charge in [-0.15, -0.1) is 0 Å². The molecule has 166 valence electrons. The van der Waals surface area contributed by atoms with Crippen molar-refractivity contribution in [3.8, 4) is 6.07 Å². The van der Waals surface area contributed by atoms with Crippen LogP contribution in [0.1, 0.15) is 42.3 Å². The van der Waals surface area contributed by atoms with Crippen LogP contribution in [0.3, 0.4) is 0 Å². The lowest BCUT2D eigenvalue weighted by Crippen LogP contribution is -2.40. The van der Waals surface area contributed by atoms with Crippen LogP contribution in [0.5, 0.6) is 0 Å². The van der Waals surface area contributed by atoms with Crippen LogP contribution in [0.4, 0.5) is 5.82 Å². The lowest BCUT2D eigenvalue weighted by Gasteiger charge is -2.36. The molecule has 3 aromatic rings. The van der Waals surface area contributed by atoms with E-state index in [1.165, 1.54) is 0 Å². The summed E-state index contributed by atoms with van der Waals surface area (Å²) in [6.07, 6.45) is 1.11. The smallest absolute Gasteiger partial charge is 0.200 e. The Balaban J connectivity index is 1.90. The number of aromatic nitrogens is 2. The van der Waals surface area contributed by atoms with E-state index >= 15 is 0 Å². The van der Waals surface area contributed by atoms with Crippen molar-refractivity contribution >= 4 is 26.7 Å². The second-order valence-electron chi connectivity index (χ2n) is 9.07. The van der Waals surface area contributed by atoms with Gasteiger partial charge >= 0.3 is 0 Å². The summed E-state index contributed by atoms with van der Waals surface area (Å²) in [7, 11) is -3.99. The minimum Gasteiger partial charge on any atom is -0.354 e. The summed E-state index contributed by atoms with van der Waals surface area (Å²) >= 11 is 0. The number of anilines is 1. The lowest BCUT2D eigenvalue weighted by molar-refractivity contribution is 0.355. The van der Waals surface area contributed by atoms with E-state index in [0.717, 1.165) is 30.6 Å². The zero-order valence-corrected chi connectivity index (χ0v) is 19.7. The monoisotopic (exact) mass is 448 g/mol. The van der Waals surface area contributed by atoms with E-state index in [-0.39, 0.29) is 10.6 Å². The molecule has 1 saturated heterocycles. The average Bonchev–Trinajstić information content (AvgIpc) is 2.74. The number of nitriles is 1. The van der Waals surface area contributed by atoms with Gasteiger partial charge in [-0.1, -0.05) is 32.0 Å². The molecule has 3 atom stereocenters. The molecule has 0 aliphatic carbocycles. The number of rotatable bonds is 4. The number of aryl methyl sites for hydroxylation is 2. The Morgan fingerprint density at radius 2 is 1.62 bits per heavy atom. The molecule has 0 spiro atoms. The number of piperidine rings is 1. The molecule has 7 heteroatoms. The first-order valence-electron chi connectivity index (χ1n) is 10.9. The third-order valence-corrected chi connectivity index (χ3v) is 8.09. The molecule has 1 aromatic heterocycles. The van der Waals surface area contributed by atoms with Gasteiger partial charge in [-0.3, -0.25) is 0 Å². The molecule has 0 bridgehead atoms. The van der Waals surface area contributed by atoms with E-state index in [4.69, 9.17) is 9.97 Å². The van der Waals surface area contributed by atoms with Gasteiger partial charge in [0.25, 0.3) is 0 Å². The highest BCUT2D eigenvalue weighted by molar-refractivity contribution is 7.92. The van der Waals surface area contributed by atoms with Gasteiger partial charge < -0.3 is 4.90 Å². The Kier molecular flexibility index (Phi) is 5.91. The van der Waals surface area contributed by atoms with Crippen molar-refractivity contribution < 1.29 is 8.42 Å². The molecule has 4 rings (SSSR count). The van der Waals surface area contributed by atoms with E-state index in [2.05, 4.69) is 18.7 Å². The standard InChI is InChI=1S/C25H28N4O2S/c1-16-11-17(2)15-29(14-16)25-24(27-21-7-5-6-8-22(21)28-25)23(13-26)32(30,31)20-10-9-18(3)19(4)12-20/h5-10,12,16-17,23H,11,14-15H2,1-4H3/t16-,17+,23-/m0/s1. The minimum absolute atomic E-state index is 0.133. The highest BCUT2D eigenvalue weighted by Crippen LogP contribution is 2.36. The largest absolute Gasteiger partial charge is 0.354 e. The molecule has 0 amide bonds. The summed E-state index contributed by atoms with van der Waals surface area (Å²) in [5.74, 6) is 1.38. The van der Waals surface area contributed by atoms with Crippen LogP contribution in [0, 0.1) is 37.0 Å². The van der Waals surface area contributed by atoms with Gasteiger partial charge in [-0.05, 0) is 67.5 Å². The number of nitrogens with zero attached hydrogens (tertiary/aromatic N) is 4. The van der Waals surface area contributed by atoms with Gasteiger partial charge in [0.1, 0.15) is 5.69 Å². The van der Waals surface area contributed by atoms with Crippen molar-refractivity contribution in [3.63, 3.8) is 0 Å². The normalized spacial score (nSPS) is 20.2. The number of sulfone groups is 1. The fourth-order valence-electron chi connectivity index (χ4n) is 4.55. The molecule has 1 aliphatic heterocycles. The third kappa shape index (κ3) is 4.07. The summed E-state index contributed by atoms with van der Waals surface area (Å²) in [5, 5.41) is 8.64. The maximum Gasteiger partial charge on any atom is 0.200 e. The maximum atomic E-state index is 13.6. The summed E-state index contributed by atoms with van der Waals surface area (Å²) in [6, 6.07) is 14.4. The maximum absolute atomic E-state index is 13.6. The number of hydrogen-bond acceptors (Lipinski definition) is 6. The molecule has 1 aliphatic rings. The SMILES string of the molecule is Cc1ccc(S(=O)(=O)[C@@H](C#N)c2nc3ccccc3nc2N2C[C@H](C)C[C@H](C)C2)cc1C. The van der Waals surface area contributed by atoms with E-state index < -0.39 is 15.1 Å². The van der Waals surface area contributed by atoms with Crippen molar-refractivity contribution in [2.75, 3.05) is 18.0 Å². The summed E-state index contributed by atoms with van der Waals surface area (Å²) in [4.78, 5) is 11.8. The van der Waals surface area contributed by atoms with E-state index in [1.54, 1.807) is 24.3 Å². The lowest BCUT2D eigenvalue weighted by atomic mass is 9.92. The van der Waals surface area contributed by atoms with Crippen LogP contribution in [0.15, 0.2) is 47.4 Å². The molecular formula is C25H28N4O2S. The van der Waals surface area contributed by atoms with Gasteiger partial charge in [-0.25, -0.2) is 18.4 Å². The topological polar surface area (TPSA) is 86.9 Å². The molecule has 6 nitrogen and oxygen atoms in total. The molecular weight excluding hydrogens is 420 g/mol. The third-order valence-electron chi connectivity index (χ3n) is 6.23. The van der Waals surface area contributed by atoms with Crippen LogP contribution in [0.2, 0.25) is 0 Å². The second-order valence-corrected chi connectivity index (χ2v) is 11.1. The van der Waals surface area contributed by atoms with E-state index in [9.17, 15) is 13.7 Å². The number of hydrogen-bond donors (Lipinski definition) is 0. The number of para-hydroxylation sites is 2. The van der Waals surface area contributed by atoms with Crippen molar-refractivity contribution in [1.82, 2.24) is 9.97 Å². The van der Waals surface area contributed by atoms with Gasteiger partial charge in [0.15, 0.2) is 11.1 Å². The summed E-state index contributed by atoms with van der Waals surface area (Å²) < 4.78 is 27.2. The summed E-state index contributed by atoms with van der Waals surface area (Å²) in [6.45, 7) is 9.68. The molecule has 0 saturated carbocycles. The quantitative estimate of drug-likeness (QED) is 0.571. The Bertz CT molecular complexity index is 1300. The fourth-order valence-corrected chi connectivity index (χ4v) is 6.02. The van der Waals surface area contributed by atoms with Crippen LogP contribution in [0.25, 0.3) is 11.0 Å². The first-order valence-corrected chi connectivity index (χ1v) is 12.5. The van der Waals surface area contributed by atoms with Crippen molar-refractivity contribution in [3.05, 3.63) is 59.3 Å². The molecule has 32 heavy (non-hydrogen) atoms. The Morgan fingerprint density at radius 1 is 1.00 bits per heavy atom. The van der Waals surface area contributed by atoms with Crippen LogP contribution in [-0.4, -0.2) is 31.5 Å². The zero-order valence-electron chi connectivity index (χ0n) is 18.9. The molecule has 0 N–H and O–H groups in total. The van der Waals surface area contributed by atoms with E-state index in [1.807, 2.05) is 38.1 Å². The van der Waals surface area contributed by atoms with Crippen molar-refractivity contribution in [2.45, 2.75) is 44.3 Å². The molecule has 1 fully saturated rings. The predicted octanol–water partition coefficient (Wildman–Crippen LogP) is 4.77. The minimum atomic E-state index is -3.99. The van der Waals surface area contributed by atoms with Crippen LogP contribution in [-0.2, 0) is 9.84 Å². The van der Waals surface area contributed by atoms with Crippen LogP contribution < -0.4 is 4.90 Å². The molecule has 0 radical (unpaired) electrons. The van der Waals surface area contributed by atoms with E-state index in [0.29, 0.717) is 28.7 Å². The van der Waals surface area contributed by atoms with Gasteiger partial charge in [0.05, 0.1) is 22.0 Å². The highest BCUT2D eigenvalue weighted by Gasteiger charge is 2.36. The Hall–Kier alpha value is -2.98. The van der Waals surface area contributed by atoms with Crippen LogP contribution >= 0.6 is 0 Å². The van der Waals surface area contributed by atoms with Gasteiger partial charge in [0.2, 0.25) is 9.84 Å². The first kappa shape index (κ1) is 22.2. The highest BCUT2D eigenvalue weighted by atomic mass is 32.2. The Labute approximate surface area is 189 Å². The Morgan fingerprint density at radius 3 is 2.22 bits per heavy atom. The predicted molar refractivity (Wildman–Crippen MR) is 126 cm³/mol. The number of fused-ring (bicyclic) bond motifs is 1. The average molecular weight is 449 g/mol. The summed E-state index contributed by atoms with van der Waals surface area (Å²) in [5.41, 5.74) is 3.36. The fraction of sp³-hybridized carbons (Fsp3) is 0.400. The zero-order chi connectivity index (χ0) is 23.0. The van der Waals surface area contributed by atoms with Gasteiger partial charge in [-0.2, -0.15) is 5.26 Å². The van der Waals surface area contributed by atoms with Crippen molar-refractivity contribution in [1.29, 1.82) is 5.26 Å². The first-order chi connectivity index (χ1) is 15.2. The van der Waals surface area contributed by atoms with Gasteiger partial charge in [0, 0.05) is 13.1 Å². The van der Waals surface area contributed by atoms with Crippen molar-refractivity contribution in [2.24, 2.45) is 11.8 Å². The molecule has 0 unspecified atom stereocenters. The molecule has 2 aromatic carbocycles. The second kappa shape index (κ2) is 8.51.